The maximum Gasteiger partial charge on any atom is 0.416 e. The van der Waals surface area contributed by atoms with Crippen LogP contribution in [-0.2, 0) is 32.3 Å². The zero-order valence-corrected chi connectivity index (χ0v) is 15.2. The van der Waals surface area contributed by atoms with Crippen LogP contribution in [0.4, 0.5) is 13.2 Å². The van der Waals surface area contributed by atoms with Gasteiger partial charge in [0.2, 0.25) is 5.89 Å². The Kier molecular flexibility index (Phi) is 5.45. The summed E-state index contributed by atoms with van der Waals surface area (Å²) in [6.07, 6.45) is -3.49. The number of halogens is 3. The predicted molar refractivity (Wildman–Crippen MR) is 91.8 cm³/mol. The first-order valence-corrected chi connectivity index (χ1v) is 8.69. The highest BCUT2D eigenvalue weighted by Gasteiger charge is 2.50. The standard InChI is InChI=1S/C19H17F3N2O5/c1-11(16(27)28-9-6-15(25)26)10-14-23-17(24-29-14)18(7-8-18)12-2-4-13(5-3-12)19(20,21)22/h2-5H,1,6-10H2,(H,25,26). The van der Waals surface area contributed by atoms with E-state index in [1.807, 2.05) is 0 Å². The van der Waals surface area contributed by atoms with Crippen molar-refractivity contribution in [3.8, 4) is 0 Å². The highest BCUT2D eigenvalue weighted by atomic mass is 19.4. The minimum Gasteiger partial charge on any atom is -0.481 e. The van der Waals surface area contributed by atoms with Gasteiger partial charge < -0.3 is 14.4 Å². The van der Waals surface area contributed by atoms with Gasteiger partial charge in [0.05, 0.1) is 23.8 Å². The van der Waals surface area contributed by atoms with Crippen LogP contribution in [0.1, 0.15) is 42.1 Å². The Bertz CT molecular complexity index is 930. The molecule has 154 valence electrons. The number of carboxylic acids is 1. The van der Waals surface area contributed by atoms with E-state index < -0.39 is 29.1 Å². The van der Waals surface area contributed by atoms with E-state index in [0.29, 0.717) is 24.2 Å². The van der Waals surface area contributed by atoms with Crippen molar-refractivity contribution in [3.63, 3.8) is 0 Å². The maximum atomic E-state index is 12.7. The van der Waals surface area contributed by atoms with Gasteiger partial charge in [-0.3, -0.25) is 4.79 Å². The average molecular weight is 410 g/mol. The van der Waals surface area contributed by atoms with Gasteiger partial charge in [-0.25, -0.2) is 4.79 Å². The van der Waals surface area contributed by atoms with Gasteiger partial charge in [0, 0.05) is 5.57 Å². The van der Waals surface area contributed by atoms with Crippen LogP contribution in [0, 0.1) is 0 Å². The quantitative estimate of drug-likeness (QED) is 0.526. The Morgan fingerprint density at radius 1 is 1.24 bits per heavy atom. The van der Waals surface area contributed by atoms with E-state index in [1.165, 1.54) is 12.1 Å². The molecule has 0 saturated heterocycles. The molecule has 1 saturated carbocycles. The van der Waals surface area contributed by atoms with Crippen LogP contribution < -0.4 is 0 Å². The Labute approximate surface area is 163 Å². The molecule has 1 aliphatic carbocycles. The molecule has 29 heavy (non-hydrogen) atoms. The Morgan fingerprint density at radius 2 is 1.90 bits per heavy atom. The van der Waals surface area contributed by atoms with Crippen LogP contribution in [0.3, 0.4) is 0 Å². The number of alkyl halides is 3. The number of hydrogen-bond acceptors (Lipinski definition) is 6. The zero-order valence-electron chi connectivity index (χ0n) is 15.2. The van der Waals surface area contributed by atoms with E-state index in [9.17, 15) is 22.8 Å². The van der Waals surface area contributed by atoms with Gasteiger partial charge >= 0.3 is 18.1 Å². The first kappa shape index (κ1) is 20.6. The number of aliphatic carboxylic acids is 1. The van der Waals surface area contributed by atoms with Crippen molar-refractivity contribution in [1.29, 1.82) is 0 Å². The molecule has 0 radical (unpaired) electrons. The van der Waals surface area contributed by atoms with Crippen molar-refractivity contribution in [1.82, 2.24) is 10.1 Å². The van der Waals surface area contributed by atoms with Crippen molar-refractivity contribution >= 4 is 11.9 Å². The van der Waals surface area contributed by atoms with Gasteiger partial charge in [0.15, 0.2) is 5.82 Å². The van der Waals surface area contributed by atoms with Crippen molar-refractivity contribution in [2.24, 2.45) is 0 Å². The van der Waals surface area contributed by atoms with Crippen LogP contribution in [0.5, 0.6) is 0 Å². The Morgan fingerprint density at radius 3 is 2.45 bits per heavy atom. The van der Waals surface area contributed by atoms with Gasteiger partial charge in [-0.2, -0.15) is 18.2 Å². The number of esters is 1. The summed E-state index contributed by atoms with van der Waals surface area (Å²) in [6, 6.07) is 4.85. The molecule has 0 atom stereocenters. The molecular weight excluding hydrogens is 393 g/mol. The summed E-state index contributed by atoms with van der Waals surface area (Å²) < 4.78 is 48.2. The van der Waals surface area contributed by atoms with Crippen molar-refractivity contribution in [3.05, 3.63) is 59.3 Å². The molecule has 0 amide bonds. The van der Waals surface area contributed by atoms with E-state index in [2.05, 4.69) is 16.7 Å². The summed E-state index contributed by atoms with van der Waals surface area (Å²) in [5.41, 5.74) is -0.659. The molecule has 10 heteroatoms. The summed E-state index contributed by atoms with van der Waals surface area (Å²) in [6.45, 7) is 3.29. The number of rotatable bonds is 8. The fourth-order valence-electron chi connectivity index (χ4n) is 2.85. The lowest BCUT2D eigenvalue weighted by Gasteiger charge is -2.13. The molecule has 3 rings (SSSR count). The summed E-state index contributed by atoms with van der Waals surface area (Å²) in [5, 5.41) is 12.4. The van der Waals surface area contributed by atoms with Crippen LogP contribution in [-0.4, -0.2) is 33.8 Å². The van der Waals surface area contributed by atoms with E-state index >= 15 is 0 Å². The fraction of sp³-hybridized carbons (Fsp3) is 0.368. The minimum absolute atomic E-state index is 0.0185. The molecule has 7 nitrogen and oxygen atoms in total. The van der Waals surface area contributed by atoms with Crippen molar-refractivity contribution in [2.45, 2.75) is 37.3 Å². The second kappa shape index (κ2) is 7.69. The topological polar surface area (TPSA) is 103 Å². The number of ether oxygens (including phenoxy) is 1. The minimum atomic E-state index is -4.41. The fourth-order valence-corrected chi connectivity index (χ4v) is 2.85. The van der Waals surface area contributed by atoms with E-state index in [4.69, 9.17) is 14.4 Å². The maximum absolute atomic E-state index is 12.7. The number of hydrogen-bond donors (Lipinski definition) is 1. The van der Waals surface area contributed by atoms with E-state index in [1.54, 1.807) is 0 Å². The van der Waals surface area contributed by atoms with Crippen molar-refractivity contribution < 1.29 is 37.1 Å². The van der Waals surface area contributed by atoms with Crippen LogP contribution >= 0.6 is 0 Å². The summed E-state index contributed by atoms with van der Waals surface area (Å²) >= 11 is 0. The van der Waals surface area contributed by atoms with E-state index in [-0.39, 0.29) is 30.9 Å². The number of carbonyl (C=O) groups is 2. The second-order valence-corrected chi connectivity index (χ2v) is 6.73. The number of nitrogens with zero attached hydrogens (tertiary/aromatic N) is 2. The molecule has 0 unspecified atom stereocenters. The third-order valence-electron chi connectivity index (χ3n) is 4.61. The monoisotopic (exact) mass is 410 g/mol. The number of benzene rings is 1. The number of carboxylic acid groups (broad SMARTS) is 1. The largest absolute Gasteiger partial charge is 0.481 e. The third kappa shape index (κ3) is 4.64. The van der Waals surface area contributed by atoms with Crippen LogP contribution in [0.25, 0.3) is 0 Å². The van der Waals surface area contributed by atoms with Gasteiger partial charge in [0.1, 0.15) is 6.61 Å². The Balaban J connectivity index is 1.66. The lowest BCUT2D eigenvalue weighted by molar-refractivity contribution is -0.143. The summed E-state index contributed by atoms with van der Waals surface area (Å²) in [7, 11) is 0. The second-order valence-electron chi connectivity index (χ2n) is 6.73. The van der Waals surface area contributed by atoms with Crippen LogP contribution in [0.15, 0.2) is 40.9 Å². The highest BCUT2D eigenvalue weighted by molar-refractivity contribution is 5.88. The Hall–Kier alpha value is -3.17. The normalized spacial score (nSPS) is 15.0. The van der Waals surface area contributed by atoms with Gasteiger partial charge in [0.25, 0.3) is 0 Å². The lowest BCUT2D eigenvalue weighted by Crippen LogP contribution is -2.13. The van der Waals surface area contributed by atoms with Gasteiger partial charge in [-0.05, 0) is 30.5 Å². The molecule has 2 aromatic rings. The molecule has 0 aliphatic heterocycles. The van der Waals surface area contributed by atoms with Gasteiger partial charge in [-0.15, -0.1) is 0 Å². The lowest BCUT2D eigenvalue weighted by atomic mass is 9.94. The molecule has 1 N–H and O–H groups in total. The first-order valence-electron chi connectivity index (χ1n) is 8.69. The number of carbonyl (C=O) groups excluding carboxylic acids is 1. The third-order valence-corrected chi connectivity index (χ3v) is 4.61. The smallest absolute Gasteiger partial charge is 0.416 e. The predicted octanol–water partition coefficient (Wildman–Crippen LogP) is 3.28. The van der Waals surface area contributed by atoms with Crippen LogP contribution in [0.2, 0.25) is 0 Å². The average Bonchev–Trinajstić information content (AvgIpc) is 3.33. The molecular formula is C19H17F3N2O5. The highest BCUT2D eigenvalue weighted by Crippen LogP contribution is 2.52. The molecule has 1 aromatic heterocycles. The molecule has 1 fully saturated rings. The summed E-state index contributed by atoms with van der Waals surface area (Å²) in [4.78, 5) is 26.5. The molecule has 0 spiro atoms. The SMILES string of the molecule is C=C(Cc1nc(C2(c3ccc(C(F)(F)F)cc3)CC2)no1)C(=O)OCCC(=O)O. The van der Waals surface area contributed by atoms with E-state index in [0.717, 1.165) is 12.1 Å². The molecule has 1 aliphatic rings. The van der Waals surface area contributed by atoms with Gasteiger partial charge in [-0.1, -0.05) is 23.9 Å². The number of aromatic nitrogens is 2. The van der Waals surface area contributed by atoms with Crippen molar-refractivity contribution in [2.75, 3.05) is 6.61 Å². The summed E-state index contributed by atoms with van der Waals surface area (Å²) in [5.74, 6) is -1.42. The zero-order chi connectivity index (χ0) is 21.2. The molecule has 1 heterocycles. The molecule has 0 bridgehead atoms. The molecule has 1 aromatic carbocycles. The first-order chi connectivity index (χ1) is 13.6.